The summed E-state index contributed by atoms with van der Waals surface area (Å²) in [6.07, 6.45) is 1.93. The van der Waals surface area contributed by atoms with Gasteiger partial charge >= 0.3 is 0 Å². The van der Waals surface area contributed by atoms with Crippen LogP contribution in [0.25, 0.3) is 0 Å². The van der Waals surface area contributed by atoms with E-state index in [1.165, 1.54) is 32.9 Å². The molecule has 0 aromatic heterocycles. The Hall–Kier alpha value is -2.96. The van der Waals surface area contributed by atoms with Gasteiger partial charge in [-0.15, -0.1) is 18.5 Å². The Morgan fingerprint density at radius 1 is 0.333 bits per heavy atom. The highest BCUT2D eigenvalue weighted by atomic mass is 31.1. The fourth-order valence-electron chi connectivity index (χ4n) is 6.50. The Kier molecular flexibility index (Phi) is 10.4. The summed E-state index contributed by atoms with van der Waals surface area (Å²) in [5.74, 6) is 0. The summed E-state index contributed by atoms with van der Waals surface area (Å²) in [7, 11) is 7.95. The quantitative estimate of drug-likeness (QED) is 0.115. The van der Waals surface area contributed by atoms with E-state index in [2.05, 4.69) is 200 Å². The molecule has 0 aliphatic carbocycles. The summed E-state index contributed by atoms with van der Waals surface area (Å²) in [5.41, 5.74) is 5.32. The third-order valence-corrected chi connectivity index (χ3v) is 14.0. The van der Waals surface area contributed by atoms with Gasteiger partial charge in [0.1, 0.15) is 0 Å². The second-order valence-corrected chi connectivity index (χ2v) is 17.9. The van der Waals surface area contributed by atoms with E-state index in [-0.39, 0.29) is 15.2 Å². The van der Waals surface area contributed by atoms with Crippen LogP contribution in [-0.4, -0.2) is 4.90 Å². The maximum Gasteiger partial charge on any atom is 0.0356 e. The smallest absolute Gasteiger partial charge is 0.0356 e. The molecule has 45 heavy (non-hydrogen) atoms. The Morgan fingerprint density at radius 2 is 0.556 bits per heavy atom. The van der Waals surface area contributed by atoms with E-state index in [1.54, 1.807) is 0 Å². The first-order chi connectivity index (χ1) is 22.0. The lowest BCUT2D eigenvalue weighted by atomic mass is 9.80. The molecule has 0 fully saturated rings. The van der Waals surface area contributed by atoms with Crippen molar-refractivity contribution in [2.24, 2.45) is 0 Å². The van der Waals surface area contributed by atoms with E-state index in [0.29, 0.717) is 17.2 Å². The molecule has 0 aliphatic rings. The summed E-state index contributed by atoms with van der Waals surface area (Å²) < 4.78 is 0. The van der Waals surface area contributed by atoms with E-state index in [1.807, 2.05) is 0 Å². The molecule has 6 aromatic rings. The van der Waals surface area contributed by atoms with Gasteiger partial charge in [0.25, 0.3) is 0 Å². The van der Waals surface area contributed by atoms with Crippen LogP contribution in [0, 0.1) is 0 Å². The van der Waals surface area contributed by atoms with Crippen LogP contribution in [-0.2, 0) is 10.3 Å². The first-order valence-corrected chi connectivity index (χ1v) is 18.6. The Balaban J connectivity index is 1.60. The normalized spacial score (nSPS) is 12.7. The van der Waals surface area contributed by atoms with E-state index >= 15 is 0 Å². The topological polar surface area (TPSA) is 0 Å². The van der Waals surface area contributed by atoms with Gasteiger partial charge in [-0.1, -0.05) is 199 Å². The molecule has 0 heterocycles. The molecular weight excluding hydrogens is 616 g/mol. The SMILES string of the molecule is PC(CC(CC(P)(c1ccccc1)c1ccccc1)(Pc1ccccc1)Pc1ccccc1)(c1ccccc1)c1ccccc1. The highest BCUT2D eigenvalue weighted by Crippen LogP contribution is 2.63. The van der Waals surface area contributed by atoms with Crippen LogP contribution in [0.2, 0.25) is 0 Å². The Bertz CT molecular complexity index is 1530. The minimum absolute atomic E-state index is 0.0937. The lowest BCUT2D eigenvalue weighted by molar-refractivity contribution is 0.522. The number of hydrogen-bond donors (Lipinski definition) is 0. The Morgan fingerprint density at radius 3 is 0.800 bits per heavy atom. The standard InChI is InChI=1S/C41H40P4/c42-40(33-19-7-1-8-20-33,34-21-9-2-10-22-34)31-39(44-37-27-15-5-16-28-37,45-38-29-17-6-18-30-38)32-41(43,35-23-11-3-12-24-35)36-25-13-4-14-26-36/h1-30,44-45H,31-32,42-43H2. The monoisotopic (exact) mass is 656 g/mol. The molecule has 6 aromatic carbocycles. The molecule has 0 saturated carbocycles. The summed E-state index contributed by atoms with van der Waals surface area (Å²) >= 11 is 0. The van der Waals surface area contributed by atoms with Gasteiger partial charge in [0.05, 0.1) is 0 Å². The number of benzene rings is 6. The van der Waals surface area contributed by atoms with Gasteiger partial charge in [0.2, 0.25) is 0 Å². The van der Waals surface area contributed by atoms with E-state index in [4.69, 9.17) is 0 Å². The minimum Gasteiger partial charge on any atom is -0.122 e. The highest BCUT2D eigenvalue weighted by molar-refractivity contribution is 7.67. The lowest BCUT2D eigenvalue weighted by Crippen LogP contribution is -2.39. The van der Waals surface area contributed by atoms with Crippen molar-refractivity contribution in [3.63, 3.8) is 0 Å². The van der Waals surface area contributed by atoms with Crippen LogP contribution in [0.1, 0.15) is 35.1 Å². The molecular formula is C41H40P4. The molecule has 4 unspecified atom stereocenters. The fraction of sp³-hybridized carbons (Fsp3) is 0.122. The zero-order valence-electron chi connectivity index (χ0n) is 25.4. The third-order valence-electron chi connectivity index (χ3n) is 8.63. The molecule has 0 aliphatic heterocycles. The molecule has 4 heteroatoms. The first-order valence-electron chi connectivity index (χ1n) is 15.5. The van der Waals surface area contributed by atoms with Crippen molar-refractivity contribution in [3.05, 3.63) is 204 Å². The van der Waals surface area contributed by atoms with Crippen molar-refractivity contribution >= 4 is 46.3 Å². The lowest BCUT2D eigenvalue weighted by Gasteiger charge is -2.47. The molecule has 0 radical (unpaired) electrons. The van der Waals surface area contributed by atoms with Crippen molar-refractivity contribution < 1.29 is 0 Å². The zero-order chi connectivity index (χ0) is 31.0. The fourth-order valence-corrected chi connectivity index (χ4v) is 13.2. The van der Waals surface area contributed by atoms with E-state index in [9.17, 15) is 0 Å². The molecule has 6 rings (SSSR count). The Labute approximate surface area is 277 Å². The van der Waals surface area contributed by atoms with Crippen LogP contribution in [0.15, 0.2) is 182 Å². The molecule has 0 spiro atoms. The van der Waals surface area contributed by atoms with Gasteiger partial charge in [-0.3, -0.25) is 0 Å². The van der Waals surface area contributed by atoms with E-state index in [0.717, 1.165) is 12.8 Å². The van der Waals surface area contributed by atoms with Crippen molar-refractivity contribution in [1.29, 1.82) is 0 Å². The average molecular weight is 657 g/mol. The second-order valence-electron chi connectivity index (χ2n) is 11.8. The predicted octanol–water partition coefficient (Wildman–Crippen LogP) is 10.1. The van der Waals surface area contributed by atoms with Crippen molar-refractivity contribution in [2.45, 2.75) is 28.1 Å². The first kappa shape index (κ1) is 32.0. The molecule has 0 saturated heterocycles. The number of hydrogen-bond acceptors (Lipinski definition) is 0. The van der Waals surface area contributed by atoms with Gasteiger partial charge in [0.15, 0.2) is 0 Å². The van der Waals surface area contributed by atoms with Gasteiger partial charge in [-0.25, -0.2) is 0 Å². The van der Waals surface area contributed by atoms with Crippen LogP contribution in [0.4, 0.5) is 0 Å². The zero-order valence-corrected chi connectivity index (χ0v) is 29.7. The van der Waals surface area contributed by atoms with Gasteiger partial charge in [-0.05, 0) is 45.7 Å². The molecule has 0 bridgehead atoms. The molecule has 0 nitrogen and oxygen atoms in total. The van der Waals surface area contributed by atoms with Crippen molar-refractivity contribution in [2.75, 3.05) is 0 Å². The van der Waals surface area contributed by atoms with E-state index < -0.39 is 0 Å². The van der Waals surface area contributed by atoms with Crippen LogP contribution >= 0.6 is 35.6 Å². The summed E-state index contributed by atoms with van der Waals surface area (Å²) in [4.78, 5) is -0.0937. The maximum atomic E-state index is 3.37. The van der Waals surface area contributed by atoms with Crippen LogP contribution in [0.3, 0.4) is 0 Å². The summed E-state index contributed by atoms with van der Waals surface area (Å²) in [6, 6.07) is 66.9. The van der Waals surface area contributed by atoms with Crippen LogP contribution < -0.4 is 10.6 Å². The summed E-state index contributed by atoms with van der Waals surface area (Å²) in [6.45, 7) is 0. The minimum atomic E-state index is -0.287. The second kappa shape index (κ2) is 14.6. The van der Waals surface area contributed by atoms with Crippen LogP contribution in [0.5, 0.6) is 0 Å². The molecule has 0 amide bonds. The van der Waals surface area contributed by atoms with Gasteiger partial charge in [0, 0.05) is 15.2 Å². The summed E-state index contributed by atoms with van der Waals surface area (Å²) in [5, 5.41) is 2.24. The largest absolute Gasteiger partial charge is 0.122 e. The van der Waals surface area contributed by atoms with Gasteiger partial charge < -0.3 is 0 Å². The maximum absolute atomic E-state index is 3.37. The van der Waals surface area contributed by atoms with Gasteiger partial charge in [-0.2, -0.15) is 0 Å². The van der Waals surface area contributed by atoms with Crippen molar-refractivity contribution in [1.82, 2.24) is 0 Å². The number of rotatable bonds is 12. The highest BCUT2D eigenvalue weighted by Gasteiger charge is 2.46. The molecule has 224 valence electrons. The third kappa shape index (κ3) is 7.55. The average Bonchev–Trinajstić information content (AvgIpc) is 3.10. The predicted molar refractivity (Wildman–Crippen MR) is 207 cm³/mol. The van der Waals surface area contributed by atoms with Crippen molar-refractivity contribution in [3.8, 4) is 0 Å². The molecule has 4 atom stereocenters. The molecule has 0 N–H and O–H groups in total.